The Hall–Kier alpha value is -3.77. The number of anilines is 1. The van der Waals surface area contributed by atoms with Crippen molar-refractivity contribution in [2.75, 3.05) is 11.9 Å². The molecule has 0 saturated carbocycles. The molecular formula is C29H29N3O2S. The maximum absolute atomic E-state index is 12.4. The lowest BCUT2D eigenvalue weighted by Gasteiger charge is -2.19. The number of hydrogen-bond acceptors (Lipinski definition) is 4. The quantitative estimate of drug-likeness (QED) is 0.331. The zero-order valence-electron chi connectivity index (χ0n) is 20.4. The highest BCUT2D eigenvalue weighted by Gasteiger charge is 2.15. The molecule has 178 valence electrons. The van der Waals surface area contributed by atoms with E-state index >= 15 is 0 Å². The molecule has 0 atom stereocenters. The van der Waals surface area contributed by atoms with Gasteiger partial charge in [0.25, 0.3) is 5.91 Å². The summed E-state index contributed by atoms with van der Waals surface area (Å²) in [5.41, 5.74) is 6.58. The van der Waals surface area contributed by atoms with E-state index in [0.717, 1.165) is 27.4 Å². The number of aryl methyl sites for hydroxylation is 1. The van der Waals surface area contributed by atoms with E-state index in [9.17, 15) is 9.59 Å². The molecule has 35 heavy (non-hydrogen) atoms. The molecule has 4 rings (SSSR count). The minimum atomic E-state index is -0.284. The van der Waals surface area contributed by atoms with Crippen molar-refractivity contribution in [3.05, 3.63) is 94.9 Å². The van der Waals surface area contributed by atoms with E-state index < -0.39 is 0 Å². The number of hydrogen-bond donors (Lipinski definition) is 2. The molecule has 4 aromatic rings. The van der Waals surface area contributed by atoms with Gasteiger partial charge in [0, 0.05) is 27.8 Å². The largest absolute Gasteiger partial charge is 0.343 e. The van der Waals surface area contributed by atoms with E-state index in [1.165, 1.54) is 5.56 Å². The molecule has 0 bridgehead atoms. The van der Waals surface area contributed by atoms with Crippen LogP contribution >= 0.6 is 11.3 Å². The highest BCUT2D eigenvalue weighted by atomic mass is 32.1. The molecule has 0 fully saturated rings. The molecule has 0 aliphatic carbocycles. The van der Waals surface area contributed by atoms with Crippen molar-refractivity contribution in [2.45, 2.75) is 33.1 Å². The number of nitrogens with zero attached hydrogens (tertiary/aromatic N) is 1. The summed E-state index contributed by atoms with van der Waals surface area (Å²) >= 11 is 1.61. The number of rotatable bonds is 6. The van der Waals surface area contributed by atoms with Gasteiger partial charge in [-0.3, -0.25) is 9.59 Å². The first-order valence-corrected chi connectivity index (χ1v) is 12.4. The number of thiazole rings is 1. The molecule has 0 aliphatic rings. The van der Waals surface area contributed by atoms with Gasteiger partial charge in [0.15, 0.2) is 0 Å². The first-order valence-electron chi connectivity index (χ1n) is 11.5. The van der Waals surface area contributed by atoms with Crippen LogP contribution in [0, 0.1) is 6.92 Å². The number of amides is 2. The van der Waals surface area contributed by atoms with Crippen molar-refractivity contribution >= 4 is 28.8 Å². The summed E-state index contributed by atoms with van der Waals surface area (Å²) in [5.74, 6) is -0.558. The molecule has 2 amide bonds. The lowest BCUT2D eigenvalue weighted by molar-refractivity contribution is -0.115. The number of benzene rings is 3. The van der Waals surface area contributed by atoms with Crippen LogP contribution in [0.4, 0.5) is 5.69 Å². The predicted molar refractivity (Wildman–Crippen MR) is 144 cm³/mol. The van der Waals surface area contributed by atoms with E-state index in [1.807, 2.05) is 53.9 Å². The van der Waals surface area contributed by atoms with E-state index in [-0.39, 0.29) is 23.8 Å². The Kier molecular flexibility index (Phi) is 7.12. The van der Waals surface area contributed by atoms with Crippen LogP contribution in [0.1, 0.15) is 42.3 Å². The number of carbonyl (C=O) groups excluding carboxylic acids is 2. The third-order valence-corrected chi connectivity index (χ3v) is 6.64. The molecule has 5 nitrogen and oxygen atoms in total. The summed E-state index contributed by atoms with van der Waals surface area (Å²) in [6.45, 7) is 8.35. The maximum Gasteiger partial charge on any atom is 0.251 e. The first-order chi connectivity index (χ1) is 16.7. The van der Waals surface area contributed by atoms with Crippen LogP contribution in [0.5, 0.6) is 0 Å². The van der Waals surface area contributed by atoms with Crippen LogP contribution in [0.15, 0.2) is 78.2 Å². The van der Waals surface area contributed by atoms with Gasteiger partial charge in [-0.25, -0.2) is 4.98 Å². The minimum absolute atomic E-state index is 0.0210. The van der Waals surface area contributed by atoms with Gasteiger partial charge >= 0.3 is 0 Å². The van der Waals surface area contributed by atoms with E-state index in [0.29, 0.717) is 11.3 Å². The smallest absolute Gasteiger partial charge is 0.251 e. The third-order valence-electron chi connectivity index (χ3n) is 5.77. The normalized spacial score (nSPS) is 11.2. The fourth-order valence-corrected chi connectivity index (χ4v) is 4.58. The second-order valence-corrected chi connectivity index (χ2v) is 10.3. The second-order valence-electron chi connectivity index (χ2n) is 9.49. The van der Waals surface area contributed by atoms with Crippen molar-refractivity contribution in [1.82, 2.24) is 10.3 Å². The van der Waals surface area contributed by atoms with Crippen molar-refractivity contribution in [1.29, 1.82) is 0 Å². The molecule has 6 heteroatoms. The van der Waals surface area contributed by atoms with Gasteiger partial charge in [-0.2, -0.15) is 0 Å². The number of nitrogens with one attached hydrogen (secondary N) is 2. The molecule has 3 aromatic carbocycles. The van der Waals surface area contributed by atoms with Crippen molar-refractivity contribution < 1.29 is 9.59 Å². The van der Waals surface area contributed by atoms with E-state index in [4.69, 9.17) is 4.98 Å². The van der Waals surface area contributed by atoms with E-state index in [1.54, 1.807) is 23.5 Å². The highest BCUT2D eigenvalue weighted by Crippen LogP contribution is 2.31. The van der Waals surface area contributed by atoms with Gasteiger partial charge in [0.2, 0.25) is 5.91 Å². The Labute approximate surface area is 210 Å². The predicted octanol–water partition coefficient (Wildman–Crippen LogP) is 6.45. The molecule has 0 saturated heterocycles. The Morgan fingerprint density at radius 2 is 1.60 bits per heavy atom. The second kappa shape index (κ2) is 10.2. The van der Waals surface area contributed by atoms with Gasteiger partial charge < -0.3 is 10.6 Å². The maximum atomic E-state index is 12.4. The highest BCUT2D eigenvalue weighted by molar-refractivity contribution is 7.13. The average molecular weight is 484 g/mol. The van der Waals surface area contributed by atoms with Gasteiger partial charge in [-0.15, -0.1) is 11.3 Å². The molecule has 0 radical (unpaired) electrons. The monoisotopic (exact) mass is 483 g/mol. The summed E-state index contributed by atoms with van der Waals surface area (Å²) in [6.07, 6.45) is 0. The van der Waals surface area contributed by atoms with Crippen LogP contribution in [-0.4, -0.2) is 23.3 Å². The summed E-state index contributed by atoms with van der Waals surface area (Å²) in [4.78, 5) is 29.5. The number of aromatic nitrogens is 1. The van der Waals surface area contributed by atoms with Crippen LogP contribution in [0.2, 0.25) is 0 Å². The fraction of sp³-hybridized carbons (Fsp3) is 0.207. The molecule has 0 spiro atoms. The van der Waals surface area contributed by atoms with E-state index in [2.05, 4.69) is 50.5 Å². The van der Waals surface area contributed by atoms with Crippen molar-refractivity contribution in [2.24, 2.45) is 0 Å². The third kappa shape index (κ3) is 6.03. The van der Waals surface area contributed by atoms with Crippen LogP contribution in [0.3, 0.4) is 0 Å². The van der Waals surface area contributed by atoms with Crippen molar-refractivity contribution in [3.63, 3.8) is 0 Å². The molecule has 0 aliphatic heterocycles. The van der Waals surface area contributed by atoms with Crippen LogP contribution in [0.25, 0.3) is 21.8 Å². The summed E-state index contributed by atoms with van der Waals surface area (Å²) < 4.78 is 0. The molecular weight excluding hydrogens is 454 g/mol. The SMILES string of the molecule is Cc1ccccc1-c1nc(-c2ccc(NC(=O)CNC(=O)c3ccc(C(C)(C)C)cc3)cc2)cs1. The molecule has 1 aromatic heterocycles. The average Bonchev–Trinajstić information content (AvgIpc) is 3.33. The Morgan fingerprint density at radius 3 is 2.26 bits per heavy atom. The zero-order valence-corrected chi connectivity index (χ0v) is 21.2. The molecule has 2 N–H and O–H groups in total. The lowest BCUT2D eigenvalue weighted by atomic mass is 9.87. The number of carbonyl (C=O) groups is 2. The van der Waals surface area contributed by atoms with Gasteiger partial charge in [-0.05, 0) is 47.7 Å². The van der Waals surface area contributed by atoms with Gasteiger partial charge in [-0.1, -0.05) is 69.3 Å². The Morgan fingerprint density at radius 1 is 0.914 bits per heavy atom. The summed E-state index contributed by atoms with van der Waals surface area (Å²) in [7, 11) is 0. The van der Waals surface area contributed by atoms with Crippen LogP contribution < -0.4 is 10.6 Å². The zero-order chi connectivity index (χ0) is 25.0. The first kappa shape index (κ1) is 24.4. The molecule has 0 unspecified atom stereocenters. The lowest BCUT2D eigenvalue weighted by Crippen LogP contribution is -2.32. The summed E-state index contributed by atoms with van der Waals surface area (Å²) in [6, 6.07) is 23.2. The fourth-order valence-electron chi connectivity index (χ4n) is 3.66. The van der Waals surface area contributed by atoms with Gasteiger partial charge in [0.1, 0.15) is 5.01 Å². The minimum Gasteiger partial charge on any atom is -0.343 e. The van der Waals surface area contributed by atoms with Crippen LogP contribution in [-0.2, 0) is 10.2 Å². The molecule has 1 heterocycles. The topological polar surface area (TPSA) is 71.1 Å². The van der Waals surface area contributed by atoms with Crippen molar-refractivity contribution in [3.8, 4) is 21.8 Å². The Balaban J connectivity index is 1.32. The van der Waals surface area contributed by atoms with Gasteiger partial charge in [0.05, 0.1) is 12.2 Å². The summed E-state index contributed by atoms with van der Waals surface area (Å²) in [5, 5.41) is 8.53. The standard InChI is InChI=1S/C29H29N3O2S/c1-19-7-5-6-8-24(19)28-32-25(18-35-28)20-11-15-23(16-12-20)31-26(33)17-30-27(34)21-9-13-22(14-10-21)29(2,3)4/h5-16,18H,17H2,1-4H3,(H,30,34)(H,31,33). The Bertz CT molecular complexity index is 1330.